The molecule has 3 heteroatoms. The molecule has 0 aromatic heterocycles. The maximum atomic E-state index is 11.6. The van der Waals surface area contributed by atoms with Gasteiger partial charge in [-0.25, -0.2) is 0 Å². The van der Waals surface area contributed by atoms with Crippen LogP contribution in [0.2, 0.25) is 0 Å². The van der Waals surface area contributed by atoms with Gasteiger partial charge in [-0.1, -0.05) is 13.8 Å². The lowest BCUT2D eigenvalue weighted by atomic mass is 9.74. The van der Waals surface area contributed by atoms with E-state index in [-0.39, 0.29) is 17.4 Å². The molecule has 1 aliphatic rings. The Morgan fingerprint density at radius 1 is 1.62 bits per heavy atom. The summed E-state index contributed by atoms with van der Waals surface area (Å²) in [5.41, 5.74) is 5.54. The van der Waals surface area contributed by atoms with Gasteiger partial charge in [-0.2, -0.15) is 0 Å². The molecule has 1 fully saturated rings. The van der Waals surface area contributed by atoms with Crippen LogP contribution in [0.3, 0.4) is 0 Å². The van der Waals surface area contributed by atoms with Crippen molar-refractivity contribution in [3.05, 3.63) is 0 Å². The summed E-state index contributed by atoms with van der Waals surface area (Å²) in [5, 5.41) is 3.11. The fourth-order valence-corrected chi connectivity index (χ4v) is 1.66. The first kappa shape index (κ1) is 10.5. The van der Waals surface area contributed by atoms with E-state index in [9.17, 15) is 4.79 Å². The normalized spacial score (nSPS) is 21.8. The molecular weight excluding hydrogens is 164 g/mol. The molecule has 1 unspecified atom stereocenters. The number of nitrogens with one attached hydrogen (secondary N) is 1. The molecule has 1 saturated carbocycles. The molecule has 0 saturated heterocycles. The Morgan fingerprint density at radius 2 is 2.23 bits per heavy atom. The number of hydrogen-bond acceptors (Lipinski definition) is 2. The summed E-state index contributed by atoms with van der Waals surface area (Å²) in [7, 11) is 0. The molecule has 0 aromatic rings. The molecule has 0 aliphatic heterocycles. The van der Waals surface area contributed by atoms with Gasteiger partial charge in [-0.3, -0.25) is 4.79 Å². The van der Waals surface area contributed by atoms with Crippen molar-refractivity contribution in [2.75, 3.05) is 6.54 Å². The van der Waals surface area contributed by atoms with Crippen molar-refractivity contribution in [3.8, 4) is 0 Å². The molecule has 0 spiro atoms. The van der Waals surface area contributed by atoms with Crippen LogP contribution in [0.5, 0.6) is 0 Å². The molecule has 0 aromatic carbocycles. The van der Waals surface area contributed by atoms with Crippen LogP contribution >= 0.6 is 0 Å². The van der Waals surface area contributed by atoms with Gasteiger partial charge in [-0.05, 0) is 25.7 Å². The molecular formula is C10H20N2O. The van der Waals surface area contributed by atoms with Gasteiger partial charge in [0.2, 0.25) is 5.91 Å². The zero-order valence-corrected chi connectivity index (χ0v) is 8.60. The molecule has 0 bridgehead atoms. The maximum absolute atomic E-state index is 11.6. The van der Waals surface area contributed by atoms with E-state index < -0.39 is 0 Å². The summed E-state index contributed by atoms with van der Waals surface area (Å²) in [6.07, 6.45) is 4.54. The molecule has 3 nitrogen and oxygen atoms in total. The highest BCUT2D eigenvalue weighted by Crippen LogP contribution is 2.34. The first-order valence-corrected chi connectivity index (χ1v) is 5.15. The number of amides is 1. The molecule has 1 atom stereocenters. The topological polar surface area (TPSA) is 55.1 Å². The van der Waals surface area contributed by atoms with Crippen molar-refractivity contribution >= 4 is 5.91 Å². The van der Waals surface area contributed by atoms with Crippen molar-refractivity contribution in [2.24, 2.45) is 11.7 Å². The molecule has 1 rings (SSSR count). The minimum absolute atomic E-state index is 0.0518. The molecule has 0 radical (unpaired) electrons. The lowest BCUT2D eigenvalue weighted by molar-refractivity contribution is -0.127. The highest BCUT2D eigenvalue weighted by Gasteiger charge is 2.36. The monoisotopic (exact) mass is 184 g/mol. The van der Waals surface area contributed by atoms with E-state index in [1.807, 2.05) is 6.92 Å². The number of carbonyl (C=O) groups excluding carboxylic acids is 1. The third-order valence-electron chi connectivity index (χ3n) is 3.18. The van der Waals surface area contributed by atoms with Gasteiger partial charge in [0.1, 0.15) is 0 Å². The van der Waals surface area contributed by atoms with Crippen molar-refractivity contribution in [1.82, 2.24) is 5.32 Å². The molecule has 0 heterocycles. The summed E-state index contributed by atoms with van der Waals surface area (Å²) in [6, 6.07) is 0. The van der Waals surface area contributed by atoms with Gasteiger partial charge < -0.3 is 11.1 Å². The first-order chi connectivity index (χ1) is 6.13. The van der Waals surface area contributed by atoms with Gasteiger partial charge in [0.05, 0.1) is 0 Å². The van der Waals surface area contributed by atoms with Gasteiger partial charge in [0.25, 0.3) is 0 Å². The van der Waals surface area contributed by atoms with Gasteiger partial charge in [-0.15, -0.1) is 0 Å². The minimum atomic E-state index is -0.0518. The minimum Gasteiger partial charge on any atom is -0.350 e. The Bertz CT molecular complexity index is 182. The average Bonchev–Trinajstić information content (AvgIpc) is 2.09. The van der Waals surface area contributed by atoms with E-state index in [1.165, 1.54) is 6.42 Å². The highest BCUT2D eigenvalue weighted by molar-refractivity contribution is 5.79. The second-order valence-electron chi connectivity index (χ2n) is 4.11. The maximum Gasteiger partial charge on any atom is 0.224 e. The van der Waals surface area contributed by atoms with E-state index in [0.717, 1.165) is 19.3 Å². The fraction of sp³-hybridized carbons (Fsp3) is 0.900. The Morgan fingerprint density at radius 3 is 2.54 bits per heavy atom. The number of hydrogen-bond donors (Lipinski definition) is 2. The van der Waals surface area contributed by atoms with E-state index in [2.05, 4.69) is 12.2 Å². The molecule has 13 heavy (non-hydrogen) atoms. The van der Waals surface area contributed by atoms with Crippen LogP contribution in [-0.4, -0.2) is 18.0 Å². The third kappa shape index (κ3) is 2.21. The van der Waals surface area contributed by atoms with Crippen molar-refractivity contribution < 1.29 is 4.79 Å². The fourth-order valence-electron chi connectivity index (χ4n) is 1.66. The summed E-state index contributed by atoms with van der Waals surface area (Å²) >= 11 is 0. The zero-order chi connectivity index (χ0) is 9.90. The second-order valence-corrected chi connectivity index (χ2v) is 4.11. The quantitative estimate of drug-likeness (QED) is 0.685. The van der Waals surface area contributed by atoms with Crippen LogP contribution in [0.15, 0.2) is 0 Å². The van der Waals surface area contributed by atoms with Crippen molar-refractivity contribution in [2.45, 2.75) is 45.1 Å². The van der Waals surface area contributed by atoms with Crippen LogP contribution < -0.4 is 11.1 Å². The van der Waals surface area contributed by atoms with Crippen LogP contribution in [0.4, 0.5) is 0 Å². The van der Waals surface area contributed by atoms with E-state index in [1.54, 1.807) is 0 Å². The van der Waals surface area contributed by atoms with Gasteiger partial charge in [0, 0.05) is 18.0 Å². The Balaban J connectivity index is 2.42. The second kappa shape index (κ2) is 4.09. The van der Waals surface area contributed by atoms with E-state index in [0.29, 0.717) is 6.54 Å². The van der Waals surface area contributed by atoms with Crippen LogP contribution in [-0.2, 0) is 4.79 Å². The largest absolute Gasteiger partial charge is 0.350 e. The van der Waals surface area contributed by atoms with E-state index >= 15 is 0 Å². The molecule has 76 valence electrons. The van der Waals surface area contributed by atoms with Crippen LogP contribution in [0, 0.1) is 5.92 Å². The van der Waals surface area contributed by atoms with E-state index in [4.69, 9.17) is 5.73 Å². The predicted molar refractivity (Wildman–Crippen MR) is 53.2 cm³/mol. The lowest BCUT2D eigenvalue weighted by Crippen LogP contribution is -2.54. The summed E-state index contributed by atoms with van der Waals surface area (Å²) in [4.78, 5) is 11.6. The number of rotatable bonds is 4. The number of carbonyl (C=O) groups is 1. The van der Waals surface area contributed by atoms with Crippen LogP contribution in [0.1, 0.15) is 39.5 Å². The Labute approximate surface area is 80.1 Å². The molecule has 1 amide bonds. The van der Waals surface area contributed by atoms with Crippen molar-refractivity contribution in [1.29, 1.82) is 0 Å². The van der Waals surface area contributed by atoms with Gasteiger partial charge >= 0.3 is 0 Å². The number of nitrogens with two attached hydrogens (primary N) is 1. The highest BCUT2D eigenvalue weighted by atomic mass is 16.2. The standard InChI is InChI=1S/C10H20N2O/c1-3-10(5-4-6-10)12-9(13)8(2)7-11/h8H,3-7,11H2,1-2H3,(H,12,13). The van der Waals surface area contributed by atoms with Gasteiger partial charge in [0.15, 0.2) is 0 Å². The smallest absolute Gasteiger partial charge is 0.224 e. The zero-order valence-electron chi connectivity index (χ0n) is 8.60. The lowest BCUT2D eigenvalue weighted by Gasteiger charge is -2.42. The SMILES string of the molecule is CCC1(NC(=O)C(C)CN)CCC1. The average molecular weight is 184 g/mol. The Hall–Kier alpha value is -0.570. The summed E-state index contributed by atoms with van der Waals surface area (Å²) < 4.78 is 0. The van der Waals surface area contributed by atoms with Crippen LogP contribution in [0.25, 0.3) is 0 Å². The molecule has 1 aliphatic carbocycles. The third-order valence-corrected chi connectivity index (χ3v) is 3.18. The molecule has 3 N–H and O–H groups in total. The first-order valence-electron chi connectivity index (χ1n) is 5.15. The summed E-state index contributed by atoms with van der Waals surface area (Å²) in [6.45, 7) is 4.44. The van der Waals surface area contributed by atoms with Crippen molar-refractivity contribution in [3.63, 3.8) is 0 Å². The predicted octanol–water partition coefficient (Wildman–Crippen LogP) is 1.03. The summed E-state index contributed by atoms with van der Waals surface area (Å²) in [5.74, 6) is 0.0630. The Kier molecular flexibility index (Phi) is 3.31.